The average molecular weight is 248 g/mol. The van der Waals surface area contributed by atoms with Gasteiger partial charge < -0.3 is 14.4 Å². The van der Waals surface area contributed by atoms with E-state index in [4.69, 9.17) is 9.26 Å². The lowest BCUT2D eigenvalue weighted by molar-refractivity contribution is 0.0683. The third kappa shape index (κ3) is 2.51. The number of aromatic nitrogens is 2. The number of aromatic hydroxyl groups is 1. The van der Waals surface area contributed by atoms with Crippen LogP contribution >= 0.6 is 0 Å². The lowest BCUT2D eigenvalue weighted by Gasteiger charge is -2.04. The van der Waals surface area contributed by atoms with E-state index in [1.54, 1.807) is 12.1 Å². The first-order valence-corrected chi connectivity index (χ1v) is 5.87. The van der Waals surface area contributed by atoms with Gasteiger partial charge in [-0.05, 0) is 38.5 Å². The van der Waals surface area contributed by atoms with Gasteiger partial charge in [0.2, 0.25) is 5.82 Å². The summed E-state index contributed by atoms with van der Waals surface area (Å²) in [7, 11) is 0. The summed E-state index contributed by atoms with van der Waals surface area (Å²) in [6.45, 7) is 6.20. The Morgan fingerprint density at radius 1 is 1.44 bits per heavy atom. The molecule has 0 fully saturated rings. The SMILES string of the molecule is CCOC(C)c1noc(-c2ccc(C)c(O)c2)n1. The van der Waals surface area contributed by atoms with Crippen molar-refractivity contribution < 1.29 is 14.4 Å². The lowest BCUT2D eigenvalue weighted by Crippen LogP contribution is -2.01. The van der Waals surface area contributed by atoms with Gasteiger partial charge in [-0.1, -0.05) is 11.2 Å². The molecule has 0 saturated carbocycles. The zero-order chi connectivity index (χ0) is 13.1. The van der Waals surface area contributed by atoms with Gasteiger partial charge in [0.25, 0.3) is 5.89 Å². The predicted octanol–water partition coefficient (Wildman–Crippen LogP) is 2.85. The first kappa shape index (κ1) is 12.6. The molecule has 5 nitrogen and oxygen atoms in total. The molecule has 0 aliphatic rings. The number of hydrogen-bond acceptors (Lipinski definition) is 5. The minimum absolute atomic E-state index is 0.202. The van der Waals surface area contributed by atoms with Crippen LogP contribution in [0.5, 0.6) is 5.75 Å². The van der Waals surface area contributed by atoms with E-state index in [1.165, 1.54) is 0 Å². The Morgan fingerprint density at radius 3 is 2.89 bits per heavy atom. The molecule has 2 aromatic rings. The van der Waals surface area contributed by atoms with Crippen LogP contribution in [0.1, 0.15) is 31.3 Å². The lowest BCUT2D eigenvalue weighted by atomic mass is 10.1. The quantitative estimate of drug-likeness (QED) is 0.901. The normalized spacial score (nSPS) is 12.6. The molecule has 1 N–H and O–H groups in total. The molecule has 2 rings (SSSR count). The van der Waals surface area contributed by atoms with Gasteiger partial charge in [0, 0.05) is 12.2 Å². The zero-order valence-electron chi connectivity index (χ0n) is 10.7. The molecular formula is C13H16N2O3. The van der Waals surface area contributed by atoms with Crippen molar-refractivity contribution in [3.63, 3.8) is 0 Å². The summed E-state index contributed by atoms with van der Waals surface area (Å²) in [6, 6.07) is 5.25. The molecule has 0 aliphatic carbocycles. The van der Waals surface area contributed by atoms with Gasteiger partial charge >= 0.3 is 0 Å². The minimum Gasteiger partial charge on any atom is -0.508 e. The molecule has 0 amide bonds. The van der Waals surface area contributed by atoms with Gasteiger partial charge in [-0.2, -0.15) is 4.98 Å². The Balaban J connectivity index is 2.26. The maximum absolute atomic E-state index is 9.65. The molecule has 96 valence electrons. The summed E-state index contributed by atoms with van der Waals surface area (Å²) < 4.78 is 10.5. The highest BCUT2D eigenvalue weighted by molar-refractivity contribution is 5.57. The topological polar surface area (TPSA) is 68.4 Å². The number of aryl methyl sites for hydroxylation is 1. The van der Waals surface area contributed by atoms with Gasteiger partial charge in [-0.25, -0.2) is 0 Å². The van der Waals surface area contributed by atoms with E-state index in [0.29, 0.717) is 23.9 Å². The molecule has 1 aromatic heterocycles. The molecule has 18 heavy (non-hydrogen) atoms. The van der Waals surface area contributed by atoms with Crippen LogP contribution in [0.15, 0.2) is 22.7 Å². The highest BCUT2D eigenvalue weighted by atomic mass is 16.5. The van der Waals surface area contributed by atoms with Gasteiger partial charge in [-0.3, -0.25) is 0 Å². The van der Waals surface area contributed by atoms with Crippen LogP contribution in [-0.4, -0.2) is 21.9 Å². The molecule has 0 aliphatic heterocycles. The Morgan fingerprint density at radius 2 is 2.22 bits per heavy atom. The molecule has 0 saturated heterocycles. The van der Waals surface area contributed by atoms with Crippen molar-refractivity contribution in [1.29, 1.82) is 0 Å². The highest BCUT2D eigenvalue weighted by Gasteiger charge is 2.15. The van der Waals surface area contributed by atoms with Crippen LogP contribution in [0, 0.1) is 6.92 Å². The fourth-order valence-corrected chi connectivity index (χ4v) is 1.58. The van der Waals surface area contributed by atoms with Crippen molar-refractivity contribution >= 4 is 0 Å². The highest BCUT2D eigenvalue weighted by Crippen LogP contribution is 2.26. The number of benzene rings is 1. The third-order valence-corrected chi connectivity index (χ3v) is 2.68. The van der Waals surface area contributed by atoms with Crippen molar-refractivity contribution in [2.24, 2.45) is 0 Å². The minimum atomic E-state index is -0.202. The Kier molecular flexibility index (Phi) is 3.62. The molecule has 0 spiro atoms. The fraction of sp³-hybridized carbons (Fsp3) is 0.385. The van der Waals surface area contributed by atoms with E-state index in [0.717, 1.165) is 5.56 Å². The van der Waals surface area contributed by atoms with E-state index < -0.39 is 0 Å². The first-order chi connectivity index (χ1) is 8.61. The fourth-order valence-electron chi connectivity index (χ4n) is 1.58. The predicted molar refractivity (Wildman–Crippen MR) is 66.2 cm³/mol. The van der Waals surface area contributed by atoms with Crippen LogP contribution in [0.4, 0.5) is 0 Å². The Labute approximate surface area is 105 Å². The van der Waals surface area contributed by atoms with E-state index in [1.807, 2.05) is 26.8 Å². The second-order valence-corrected chi connectivity index (χ2v) is 4.06. The number of phenolic OH excluding ortho intramolecular Hbond substituents is 1. The summed E-state index contributed by atoms with van der Waals surface area (Å²) in [5.41, 5.74) is 1.50. The summed E-state index contributed by atoms with van der Waals surface area (Å²) in [5, 5.41) is 13.5. The van der Waals surface area contributed by atoms with Crippen molar-refractivity contribution in [3.05, 3.63) is 29.6 Å². The number of hydrogen-bond donors (Lipinski definition) is 1. The third-order valence-electron chi connectivity index (χ3n) is 2.68. The van der Waals surface area contributed by atoms with Gasteiger partial charge in [-0.15, -0.1) is 0 Å². The van der Waals surface area contributed by atoms with E-state index >= 15 is 0 Å². The van der Waals surface area contributed by atoms with Gasteiger partial charge in [0.15, 0.2) is 0 Å². The van der Waals surface area contributed by atoms with E-state index in [2.05, 4.69) is 10.1 Å². The summed E-state index contributed by atoms with van der Waals surface area (Å²) in [5.74, 6) is 1.10. The standard InChI is InChI=1S/C13H16N2O3/c1-4-17-9(3)12-14-13(18-15-12)10-6-5-8(2)11(16)7-10/h5-7,9,16H,4H2,1-3H3. The number of nitrogens with zero attached hydrogens (tertiary/aromatic N) is 2. The number of ether oxygens (including phenoxy) is 1. The van der Waals surface area contributed by atoms with E-state index in [-0.39, 0.29) is 11.9 Å². The van der Waals surface area contributed by atoms with Crippen LogP contribution in [0.2, 0.25) is 0 Å². The maximum atomic E-state index is 9.65. The summed E-state index contributed by atoms with van der Waals surface area (Å²) >= 11 is 0. The monoisotopic (exact) mass is 248 g/mol. The summed E-state index contributed by atoms with van der Waals surface area (Å²) in [6.07, 6.45) is -0.202. The maximum Gasteiger partial charge on any atom is 0.258 e. The molecule has 1 heterocycles. The molecule has 0 bridgehead atoms. The van der Waals surface area contributed by atoms with Crippen molar-refractivity contribution in [3.8, 4) is 17.2 Å². The van der Waals surface area contributed by atoms with Gasteiger partial charge in [0.1, 0.15) is 11.9 Å². The van der Waals surface area contributed by atoms with Crippen molar-refractivity contribution in [1.82, 2.24) is 10.1 Å². The van der Waals surface area contributed by atoms with Crippen molar-refractivity contribution in [2.45, 2.75) is 26.9 Å². The Hall–Kier alpha value is -1.88. The van der Waals surface area contributed by atoms with Gasteiger partial charge in [0.05, 0.1) is 0 Å². The van der Waals surface area contributed by atoms with Crippen LogP contribution in [0.3, 0.4) is 0 Å². The first-order valence-electron chi connectivity index (χ1n) is 5.87. The molecule has 0 radical (unpaired) electrons. The second kappa shape index (κ2) is 5.18. The van der Waals surface area contributed by atoms with Crippen LogP contribution in [0.25, 0.3) is 11.5 Å². The summed E-state index contributed by atoms with van der Waals surface area (Å²) in [4.78, 5) is 4.26. The molecule has 5 heteroatoms. The second-order valence-electron chi connectivity index (χ2n) is 4.06. The van der Waals surface area contributed by atoms with E-state index in [9.17, 15) is 5.11 Å². The molecule has 1 unspecified atom stereocenters. The molecule has 1 atom stereocenters. The van der Waals surface area contributed by atoms with Crippen molar-refractivity contribution in [2.75, 3.05) is 6.61 Å². The number of rotatable bonds is 4. The smallest absolute Gasteiger partial charge is 0.258 e. The molecule has 1 aromatic carbocycles. The van der Waals surface area contributed by atoms with Crippen LogP contribution < -0.4 is 0 Å². The largest absolute Gasteiger partial charge is 0.508 e. The molecular weight excluding hydrogens is 232 g/mol. The Bertz CT molecular complexity index is 537. The van der Waals surface area contributed by atoms with Crippen LogP contribution in [-0.2, 0) is 4.74 Å². The zero-order valence-corrected chi connectivity index (χ0v) is 10.7. The average Bonchev–Trinajstić information content (AvgIpc) is 2.82. The number of phenols is 1.